The molecule has 0 saturated carbocycles. The maximum atomic E-state index is 5.64. The van der Waals surface area contributed by atoms with E-state index >= 15 is 0 Å². The minimum absolute atomic E-state index is 0.206. The Balaban J connectivity index is 2.54. The van der Waals surface area contributed by atoms with Crippen LogP contribution in [0.4, 0.5) is 0 Å². The van der Waals surface area contributed by atoms with Crippen LogP contribution in [0, 0.1) is 0 Å². The van der Waals surface area contributed by atoms with Gasteiger partial charge in [-0.25, -0.2) is 4.99 Å². The summed E-state index contributed by atoms with van der Waals surface area (Å²) in [6.45, 7) is 10.8. The lowest BCUT2D eigenvalue weighted by Crippen LogP contribution is -2.37. The minimum atomic E-state index is 0.206. The number of nitrogens with zero attached hydrogens (tertiary/aromatic N) is 1. The Morgan fingerprint density at radius 2 is 1.86 bits per heavy atom. The Hall–Kier alpha value is -1.71. The standard InChI is InChI=1S/C17H29N3O/c1-5-7-12-19-17(18-6-2)20-13-15-8-10-16(11-9-15)21-14(3)4/h8-11,14H,5-7,12-13H2,1-4H3,(H2,18,19,20). The van der Waals surface area contributed by atoms with E-state index in [0.717, 1.165) is 31.2 Å². The molecule has 0 radical (unpaired) electrons. The molecule has 0 aliphatic carbocycles. The zero-order chi connectivity index (χ0) is 15.5. The normalized spacial score (nSPS) is 11.6. The highest BCUT2D eigenvalue weighted by Gasteiger charge is 1.99. The summed E-state index contributed by atoms with van der Waals surface area (Å²) in [6, 6.07) is 8.14. The molecule has 1 aromatic rings. The summed E-state index contributed by atoms with van der Waals surface area (Å²) in [6.07, 6.45) is 2.55. The molecule has 1 rings (SSSR count). The number of nitrogens with one attached hydrogen (secondary N) is 2. The van der Waals surface area contributed by atoms with E-state index in [0.29, 0.717) is 6.54 Å². The third-order valence-electron chi connectivity index (χ3n) is 2.88. The SMILES string of the molecule is CCCCNC(=NCc1ccc(OC(C)C)cc1)NCC. The molecule has 0 fully saturated rings. The summed E-state index contributed by atoms with van der Waals surface area (Å²) in [5.74, 6) is 1.79. The summed E-state index contributed by atoms with van der Waals surface area (Å²) in [4.78, 5) is 4.60. The van der Waals surface area contributed by atoms with Gasteiger partial charge in [-0.3, -0.25) is 0 Å². The second kappa shape index (κ2) is 10.1. The summed E-state index contributed by atoms with van der Waals surface area (Å²) in [5.41, 5.74) is 1.18. The molecule has 0 aromatic heterocycles. The Bertz CT molecular complexity index is 413. The first kappa shape index (κ1) is 17.3. The third kappa shape index (κ3) is 7.59. The van der Waals surface area contributed by atoms with Crippen molar-refractivity contribution in [1.29, 1.82) is 0 Å². The number of aliphatic imine (C=N–C) groups is 1. The molecule has 0 saturated heterocycles. The van der Waals surface area contributed by atoms with Gasteiger partial charge in [-0.2, -0.15) is 0 Å². The van der Waals surface area contributed by atoms with Crippen LogP contribution in [-0.4, -0.2) is 25.2 Å². The van der Waals surface area contributed by atoms with E-state index in [-0.39, 0.29) is 6.10 Å². The van der Waals surface area contributed by atoms with Crippen LogP contribution in [0.15, 0.2) is 29.3 Å². The summed E-state index contributed by atoms with van der Waals surface area (Å²) in [7, 11) is 0. The van der Waals surface area contributed by atoms with Crippen molar-refractivity contribution in [1.82, 2.24) is 10.6 Å². The molecular formula is C17H29N3O. The van der Waals surface area contributed by atoms with Gasteiger partial charge in [0.25, 0.3) is 0 Å². The number of benzene rings is 1. The Morgan fingerprint density at radius 1 is 1.14 bits per heavy atom. The maximum absolute atomic E-state index is 5.64. The van der Waals surface area contributed by atoms with E-state index in [2.05, 4.69) is 41.6 Å². The van der Waals surface area contributed by atoms with Gasteiger partial charge in [0.05, 0.1) is 12.6 Å². The first-order valence-electron chi connectivity index (χ1n) is 7.93. The maximum Gasteiger partial charge on any atom is 0.191 e. The summed E-state index contributed by atoms with van der Waals surface area (Å²) >= 11 is 0. The number of hydrogen-bond donors (Lipinski definition) is 2. The molecule has 0 atom stereocenters. The molecule has 0 heterocycles. The second-order valence-electron chi connectivity index (χ2n) is 5.29. The second-order valence-corrected chi connectivity index (χ2v) is 5.29. The monoisotopic (exact) mass is 291 g/mol. The fourth-order valence-corrected chi connectivity index (χ4v) is 1.84. The van der Waals surface area contributed by atoms with Gasteiger partial charge in [0.2, 0.25) is 0 Å². The van der Waals surface area contributed by atoms with E-state index in [9.17, 15) is 0 Å². The zero-order valence-electron chi connectivity index (χ0n) is 13.8. The molecule has 4 heteroatoms. The highest BCUT2D eigenvalue weighted by molar-refractivity contribution is 5.79. The Morgan fingerprint density at radius 3 is 2.43 bits per heavy atom. The average Bonchev–Trinajstić information content (AvgIpc) is 2.46. The van der Waals surface area contributed by atoms with Crippen LogP contribution in [-0.2, 0) is 6.54 Å². The quantitative estimate of drug-likeness (QED) is 0.439. The summed E-state index contributed by atoms with van der Waals surface area (Å²) < 4.78 is 5.64. The lowest BCUT2D eigenvalue weighted by molar-refractivity contribution is 0.242. The predicted molar refractivity (Wildman–Crippen MR) is 89.9 cm³/mol. The van der Waals surface area contributed by atoms with Gasteiger partial charge in [-0.1, -0.05) is 25.5 Å². The first-order chi connectivity index (χ1) is 10.2. The minimum Gasteiger partial charge on any atom is -0.491 e. The smallest absolute Gasteiger partial charge is 0.191 e. The van der Waals surface area contributed by atoms with Gasteiger partial charge in [0.15, 0.2) is 5.96 Å². The number of unbranched alkanes of at least 4 members (excludes halogenated alkanes) is 1. The van der Waals surface area contributed by atoms with Crippen molar-refractivity contribution in [3.63, 3.8) is 0 Å². The van der Waals surface area contributed by atoms with Gasteiger partial charge in [-0.15, -0.1) is 0 Å². The van der Waals surface area contributed by atoms with Crippen LogP contribution in [0.1, 0.15) is 46.1 Å². The molecule has 0 amide bonds. The van der Waals surface area contributed by atoms with Gasteiger partial charge in [0.1, 0.15) is 5.75 Å². The molecule has 118 valence electrons. The van der Waals surface area contributed by atoms with Crippen LogP contribution >= 0.6 is 0 Å². The highest BCUT2D eigenvalue weighted by atomic mass is 16.5. The molecule has 2 N–H and O–H groups in total. The Labute approximate surface area is 129 Å². The lowest BCUT2D eigenvalue weighted by atomic mass is 10.2. The lowest BCUT2D eigenvalue weighted by Gasteiger charge is -2.11. The largest absolute Gasteiger partial charge is 0.491 e. The van der Waals surface area contributed by atoms with E-state index in [1.807, 2.05) is 26.0 Å². The third-order valence-corrected chi connectivity index (χ3v) is 2.88. The van der Waals surface area contributed by atoms with Crippen molar-refractivity contribution < 1.29 is 4.74 Å². The molecule has 21 heavy (non-hydrogen) atoms. The molecule has 0 unspecified atom stereocenters. The van der Waals surface area contributed by atoms with Crippen molar-refractivity contribution in [3.8, 4) is 5.75 Å². The van der Waals surface area contributed by atoms with Crippen molar-refractivity contribution in [2.45, 2.75) is 53.2 Å². The van der Waals surface area contributed by atoms with E-state index < -0.39 is 0 Å². The number of rotatable bonds is 8. The predicted octanol–water partition coefficient (Wildman–Crippen LogP) is 3.33. The number of ether oxygens (including phenoxy) is 1. The van der Waals surface area contributed by atoms with E-state index in [1.54, 1.807) is 0 Å². The molecule has 0 bridgehead atoms. The zero-order valence-corrected chi connectivity index (χ0v) is 13.8. The molecule has 0 spiro atoms. The van der Waals surface area contributed by atoms with E-state index in [4.69, 9.17) is 4.74 Å². The van der Waals surface area contributed by atoms with Gasteiger partial charge in [-0.05, 0) is 44.9 Å². The van der Waals surface area contributed by atoms with Gasteiger partial charge >= 0.3 is 0 Å². The van der Waals surface area contributed by atoms with Crippen LogP contribution < -0.4 is 15.4 Å². The van der Waals surface area contributed by atoms with Gasteiger partial charge in [0, 0.05) is 13.1 Å². The van der Waals surface area contributed by atoms with Crippen LogP contribution in [0.2, 0.25) is 0 Å². The molecular weight excluding hydrogens is 262 g/mol. The van der Waals surface area contributed by atoms with Crippen molar-refractivity contribution in [2.75, 3.05) is 13.1 Å². The van der Waals surface area contributed by atoms with E-state index in [1.165, 1.54) is 12.0 Å². The van der Waals surface area contributed by atoms with Gasteiger partial charge < -0.3 is 15.4 Å². The number of guanidine groups is 1. The summed E-state index contributed by atoms with van der Waals surface area (Å²) in [5, 5.41) is 6.61. The fourth-order valence-electron chi connectivity index (χ4n) is 1.84. The fraction of sp³-hybridized carbons (Fsp3) is 0.588. The van der Waals surface area contributed by atoms with Crippen LogP contribution in [0.25, 0.3) is 0 Å². The molecule has 0 aliphatic heterocycles. The van der Waals surface area contributed by atoms with Crippen molar-refractivity contribution in [2.24, 2.45) is 4.99 Å². The van der Waals surface area contributed by atoms with Crippen LogP contribution in [0.5, 0.6) is 5.75 Å². The van der Waals surface area contributed by atoms with Crippen molar-refractivity contribution >= 4 is 5.96 Å². The molecule has 1 aromatic carbocycles. The van der Waals surface area contributed by atoms with Crippen molar-refractivity contribution in [3.05, 3.63) is 29.8 Å². The Kier molecular flexibility index (Phi) is 8.32. The average molecular weight is 291 g/mol. The topological polar surface area (TPSA) is 45.7 Å². The molecule has 0 aliphatic rings. The first-order valence-corrected chi connectivity index (χ1v) is 7.93. The highest BCUT2D eigenvalue weighted by Crippen LogP contribution is 2.14. The molecule has 4 nitrogen and oxygen atoms in total. The van der Waals surface area contributed by atoms with Crippen LogP contribution in [0.3, 0.4) is 0 Å². The number of hydrogen-bond acceptors (Lipinski definition) is 2.